The number of nitrogens with zero attached hydrogens (tertiary/aromatic N) is 6. The molecule has 2 unspecified atom stereocenters. The molecule has 1 aliphatic rings. The molecule has 0 aliphatic carbocycles. The Kier molecular flexibility index (Phi) is 6.54. The van der Waals surface area contributed by atoms with Crippen LogP contribution in [-0.4, -0.2) is 61.1 Å². The smallest absolute Gasteiger partial charge is 0.276 e. The van der Waals surface area contributed by atoms with E-state index in [-0.39, 0.29) is 18.1 Å². The topological polar surface area (TPSA) is 86.0 Å². The van der Waals surface area contributed by atoms with Gasteiger partial charge in [0.15, 0.2) is 10.9 Å². The van der Waals surface area contributed by atoms with Crippen molar-refractivity contribution in [2.45, 2.75) is 43.9 Å². The SMILES string of the molecule is Cc1ccc(-n2nnc(C(=O)N3CC(C)OC(C)C3)c2CSc2ncccn2)cc1Cl. The van der Waals surface area contributed by atoms with E-state index in [4.69, 9.17) is 16.3 Å². The number of carbonyl (C=O) groups excluding carboxylic acids is 1. The molecule has 3 aromatic rings. The van der Waals surface area contributed by atoms with Gasteiger partial charge in [0.2, 0.25) is 0 Å². The first-order valence-corrected chi connectivity index (χ1v) is 11.3. The maximum Gasteiger partial charge on any atom is 0.276 e. The molecule has 2 atom stereocenters. The Hall–Kier alpha value is -2.49. The van der Waals surface area contributed by atoms with Gasteiger partial charge in [0.05, 0.1) is 23.6 Å². The molecule has 3 heterocycles. The second-order valence-electron chi connectivity index (χ2n) is 7.52. The molecule has 162 valence electrons. The van der Waals surface area contributed by atoms with Crippen molar-refractivity contribution in [1.82, 2.24) is 29.9 Å². The standard InChI is InChI=1S/C21H23ClN6O2S/c1-13-5-6-16(9-17(13)22)28-18(12-31-21-23-7-4-8-24-21)19(25-26-28)20(29)27-10-14(2)30-15(3)11-27/h4-9,14-15H,10-12H2,1-3H3. The summed E-state index contributed by atoms with van der Waals surface area (Å²) in [4.78, 5) is 23.7. The van der Waals surface area contributed by atoms with Crippen molar-refractivity contribution in [3.63, 3.8) is 0 Å². The monoisotopic (exact) mass is 458 g/mol. The number of carbonyl (C=O) groups is 1. The number of ether oxygens (including phenoxy) is 1. The normalized spacial score (nSPS) is 18.9. The molecule has 2 aromatic heterocycles. The summed E-state index contributed by atoms with van der Waals surface area (Å²) in [6.07, 6.45) is 3.31. The summed E-state index contributed by atoms with van der Waals surface area (Å²) in [6.45, 7) is 6.89. The second-order valence-corrected chi connectivity index (χ2v) is 8.87. The minimum atomic E-state index is -0.156. The molecule has 0 bridgehead atoms. The molecule has 8 nitrogen and oxygen atoms in total. The van der Waals surface area contributed by atoms with Crippen molar-refractivity contribution in [2.24, 2.45) is 0 Å². The number of rotatable bonds is 5. The fraction of sp³-hybridized carbons (Fsp3) is 0.381. The molecule has 1 saturated heterocycles. The number of amides is 1. The molecule has 0 saturated carbocycles. The minimum absolute atomic E-state index is 0.0332. The minimum Gasteiger partial charge on any atom is -0.372 e. The van der Waals surface area contributed by atoms with Crippen molar-refractivity contribution in [2.75, 3.05) is 13.1 Å². The Morgan fingerprint density at radius 3 is 2.61 bits per heavy atom. The second kappa shape index (κ2) is 9.33. The van der Waals surface area contributed by atoms with Crippen LogP contribution in [0.1, 0.15) is 35.6 Å². The van der Waals surface area contributed by atoms with Gasteiger partial charge in [-0.2, -0.15) is 0 Å². The average molecular weight is 459 g/mol. The average Bonchev–Trinajstić information content (AvgIpc) is 3.17. The molecule has 0 N–H and O–H groups in total. The summed E-state index contributed by atoms with van der Waals surface area (Å²) >= 11 is 7.76. The van der Waals surface area contributed by atoms with Crippen LogP contribution in [0.2, 0.25) is 5.02 Å². The van der Waals surface area contributed by atoms with Gasteiger partial charge in [-0.1, -0.05) is 34.6 Å². The number of hydrogen-bond acceptors (Lipinski definition) is 7. The van der Waals surface area contributed by atoms with Crippen LogP contribution in [0.3, 0.4) is 0 Å². The van der Waals surface area contributed by atoms with E-state index < -0.39 is 0 Å². The van der Waals surface area contributed by atoms with Crippen LogP contribution in [0.25, 0.3) is 5.69 Å². The maximum absolute atomic E-state index is 13.4. The van der Waals surface area contributed by atoms with Gasteiger partial charge in [-0.05, 0) is 44.5 Å². The number of aryl methyl sites for hydroxylation is 1. The van der Waals surface area contributed by atoms with Crippen LogP contribution in [0.4, 0.5) is 0 Å². The van der Waals surface area contributed by atoms with Gasteiger partial charge in [-0.15, -0.1) is 5.10 Å². The number of morpholine rings is 1. The van der Waals surface area contributed by atoms with E-state index in [1.807, 2.05) is 39.0 Å². The molecule has 1 aliphatic heterocycles. The van der Waals surface area contributed by atoms with Crippen molar-refractivity contribution >= 4 is 29.3 Å². The van der Waals surface area contributed by atoms with Gasteiger partial charge in [-0.3, -0.25) is 4.79 Å². The molecule has 1 fully saturated rings. The molecule has 1 aromatic carbocycles. The van der Waals surface area contributed by atoms with Gasteiger partial charge < -0.3 is 9.64 Å². The predicted molar refractivity (Wildman–Crippen MR) is 119 cm³/mol. The van der Waals surface area contributed by atoms with Gasteiger partial charge in [-0.25, -0.2) is 14.6 Å². The largest absolute Gasteiger partial charge is 0.372 e. The lowest BCUT2D eigenvalue weighted by Crippen LogP contribution is -2.48. The van der Waals surface area contributed by atoms with Crippen LogP contribution >= 0.6 is 23.4 Å². The summed E-state index contributed by atoms with van der Waals surface area (Å²) in [6, 6.07) is 7.42. The Balaban J connectivity index is 1.69. The fourth-order valence-electron chi connectivity index (χ4n) is 3.50. The lowest BCUT2D eigenvalue weighted by atomic mass is 10.2. The van der Waals surface area contributed by atoms with Gasteiger partial charge in [0.1, 0.15) is 0 Å². The van der Waals surface area contributed by atoms with Crippen LogP contribution in [0, 0.1) is 6.92 Å². The lowest BCUT2D eigenvalue weighted by molar-refractivity contribution is -0.0587. The molecule has 4 rings (SSSR count). The Labute approximate surface area is 190 Å². The molecule has 10 heteroatoms. The number of benzene rings is 1. The third-order valence-electron chi connectivity index (χ3n) is 4.95. The van der Waals surface area contributed by atoms with E-state index >= 15 is 0 Å². The van der Waals surface area contributed by atoms with E-state index in [9.17, 15) is 4.79 Å². The van der Waals surface area contributed by atoms with Crippen LogP contribution in [-0.2, 0) is 10.5 Å². The van der Waals surface area contributed by atoms with E-state index in [2.05, 4.69) is 20.3 Å². The third-order valence-corrected chi connectivity index (χ3v) is 6.25. The van der Waals surface area contributed by atoms with Crippen molar-refractivity contribution in [3.05, 3.63) is 58.6 Å². The lowest BCUT2D eigenvalue weighted by Gasteiger charge is -2.35. The summed E-state index contributed by atoms with van der Waals surface area (Å²) in [5.74, 6) is 0.273. The first kappa shape index (κ1) is 21.7. The van der Waals surface area contributed by atoms with Crippen molar-refractivity contribution in [3.8, 4) is 5.69 Å². The van der Waals surface area contributed by atoms with Gasteiger partial charge >= 0.3 is 0 Å². The summed E-state index contributed by atoms with van der Waals surface area (Å²) < 4.78 is 7.43. The third kappa shape index (κ3) is 4.89. The van der Waals surface area contributed by atoms with Gasteiger partial charge in [0, 0.05) is 36.3 Å². The number of hydrogen-bond donors (Lipinski definition) is 0. The van der Waals surface area contributed by atoms with Crippen molar-refractivity contribution < 1.29 is 9.53 Å². The summed E-state index contributed by atoms with van der Waals surface area (Å²) in [5, 5.41) is 9.81. The highest BCUT2D eigenvalue weighted by atomic mass is 35.5. The number of halogens is 1. The predicted octanol–water partition coefficient (Wildman–Crippen LogP) is 3.56. The van der Waals surface area contributed by atoms with E-state index in [1.54, 1.807) is 28.0 Å². The van der Waals surface area contributed by atoms with E-state index in [0.29, 0.717) is 40.4 Å². The first-order chi connectivity index (χ1) is 14.9. The van der Waals surface area contributed by atoms with Crippen molar-refractivity contribution in [1.29, 1.82) is 0 Å². The Morgan fingerprint density at radius 1 is 1.23 bits per heavy atom. The van der Waals surface area contributed by atoms with E-state index in [1.165, 1.54) is 11.8 Å². The zero-order valence-corrected chi connectivity index (χ0v) is 19.1. The quantitative estimate of drug-likeness (QED) is 0.426. The molecule has 0 spiro atoms. The number of thioether (sulfide) groups is 1. The van der Waals surface area contributed by atoms with E-state index in [0.717, 1.165) is 11.3 Å². The highest BCUT2D eigenvalue weighted by molar-refractivity contribution is 7.98. The Bertz CT molecular complexity index is 1070. The highest BCUT2D eigenvalue weighted by Gasteiger charge is 2.31. The summed E-state index contributed by atoms with van der Waals surface area (Å²) in [7, 11) is 0. The molecular weight excluding hydrogens is 436 g/mol. The maximum atomic E-state index is 13.4. The van der Waals surface area contributed by atoms with Crippen LogP contribution in [0.15, 0.2) is 41.8 Å². The summed E-state index contributed by atoms with van der Waals surface area (Å²) in [5.41, 5.74) is 2.71. The van der Waals surface area contributed by atoms with Crippen LogP contribution in [0.5, 0.6) is 0 Å². The zero-order valence-electron chi connectivity index (χ0n) is 17.5. The molecule has 0 radical (unpaired) electrons. The highest BCUT2D eigenvalue weighted by Crippen LogP contribution is 2.26. The van der Waals surface area contributed by atoms with Gasteiger partial charge in [0.25, 0.3) is 5.91 Å². The fourth-order valence-corrected chi connectivity index (χ4v) is 4.47. The Morgan fingerprint density at radius 2 is 1.94 bits per heavy atom. The molecule has 1 amide bonds. The first-order valence-electron chi connectivity index (χ1n) is 9.98. The zero-order chi connectivity index (χ0) is 22.0. The molecular formula is C21H23ClN6O2S. The number of aromatic nitrogens is 5. The molecule has 31 heavy (non-hydrogen) atoms. The van der Waals surface area contributed by atoms with Crippen LogP contribution < -0.4 is 0 Å².